The Labute approximate surface area is 180 Å². The lowest BCUT2D eigenvalue weighted by Crippen LogP contribution is -2.27. The van der Waals surface area contributed by atoms with Crippen LogP contribution >= 0.6 is 0 Å². The van der Waals surface area contributed by atoms with Crippen molar-refractivity contribution in [2.45, 2.75) is 30.5 Å². The molecule has 0 spiro atoms. The molecule has 0 bridgehead atoms. The van der Waals surface area contributed by atoms with Gasteiger partial charge in [0.05, 0.1) is 16.6 Å². The molecule has 1 atom stereocenters. The van der Waals surface area contributed by atoms with E-state index in [1.165, 1.54) is 5.56 Å². The van der Waals surface area contributed by atoms with Gasteiger partial charge in [0.2, 0.25) is 0 Å². The van der Waals surface area contributed by atoms with Crippen molar-refractivity contribution in [1.82, 2.24) is 10.2 Å². The topological polar surface area (TPSA) is 62.6 Å². The molecule has 0 radical (unpaired) electrons. The number of carbonyl (C=O) groups excluding carboxylic acids is 1. The van der Waals surface area contributed by atoms with Gasteiger partial charge >= 0.3 is 0 Å². The van der Waals surface area contributed by atoms with Crippen LogP contribution < -0.4 is 5.32 Å². The Bertz CT molecular complexity index is 985. The number of carbonyl (C=O) groups is 1. The van der Waals surface area contributed by atoms with Gasteiger partial charge in [0.1, 0.15) is 5.76 Å². The average Bonchev–Trinajstić information content (AvgIpc) is 3.20. The zero-order chi connectivity index (χ0) is 21.3. The Kier molecular flexibility index (Phi) is 7.99. The number of rotatable bonds is 10. The van der Waals surface area contributed by atoms with Gasteiger partial charge in [-0.25, -0.2) is 0 Å². The van der Waals surface area contributed by atoms with Crippen LogP contribution in [0, 0.1) is 6.92 Å². The molecule has 0 saturated heterocycles. The molecular formula is C24H28N2O3S. The molecule has 0 aliphatic rings. The molecule has 1 N–H and O–H groups in total. The molecule has 1 heterocycles. The van der Waals surface area contributed by atoms with Gasteiger partial charge in [-0.15, -0.1) is 0 Å². The number of nitrogens with zero attached hydrogens (tertiary/aromatic N) is 1. The van der Waals surface area contributed by atoms with E-state index in [1.54, 1.807) is 12.1 Å². The fourth-order valence-corrected chi connectivity index (χ4v) is 4.44. The minimum Gasteiger partial charge on any atom is -0.455 e. The summed E-state index contributed by atoms with van der Waals surface area (Å²) in [5, 5.41) is 2.89. The summed E-state index contributed by atoms with van der Waals surface area (Å²) < 4.78 is 18.2. The fourth-order valence-electron chi connectivity index (χ4n) is 3.21. The van der Waals surface area contributed by atoms with Crippen LogP contribution in [0.1, 0.15) is 33.9 Å². The fraction of sp³-hybridized carbons (Fsp3) is 0.292. The molecule has 0 fully saturated rings. The Morgan fingerprint density at radius 1 is 1.03 bits per heavy atom. The number of aryl methyl sites for hydroxylation is 1. The van der Waals surface area contributed by atoms with Crippen LogP contribution in [0.5, 0.6) is 0 Å². The molecule has 158 valence electrons. The largest absolute Gasteiger partial charge is 0.455 e. The quantitative estimate of drug-likeness (QED) is 0.497. The standard InChI is InChI=1S/C24H28N2O3S/c1-19-9-6-7-12-23(19)30(28)18-21-13-14-22(29-21)24(27)25-15-8-16-26(2)17-20-10-4-3-5-11-20/h3-7,9-14H,8,15-18H2,1-2H3,(H,25,27)/t30-/m1/s1. The molecule has 0 unspecified atom stereocenters. The minimum absolute atomic E-state index is 0.242. The predicted octanol–water partition coefficient (Wildman–Crippen LogP) is 4.15. The van der Waals surface area contributed by atoms with E-state index in [9.17, 15) is 9.00 Å². The van der Waals surface area contributed by atoms with E-state index in [2.05, 4.69) is 29.4 Å². The highest BCUT2D eigenvalue weighted by Crippen LogP contribution is 2.18. The molecule has 0 saturated carbocycles. The summed E-state index contributed by atoms with van der Waals surface area (Å²) in [6.07, 6.45) is 0.847. The predicted molar refractivity (Wildman–Crippen MR) is 120 cm³/mol. The number of benzene rings is 2. The molecule has 3 rings (SSSR count). The maximum atomic E-state index is 12.6. The molecule has 5 nitrogen and oxygen atoms in total. The zero-order valence-corrected chi connectivity index (χ0v) is 18.3. The Balaban J connectivity index is 1.41. The maximum absolute atomic E-state index is 12.6. The third-order valence-electron chi connectivity index (χ3n) is 4.80. The maximum Gasteiger partial charge on any atom is 0.286 e. The van der Waals surface area contributed by atoms with Gasteiger partial charge in [-0.2, -0.15) is 0 Å². The lowest BCUT2D eigenvalue weighted by Gasteiger charge is -2.16. The molecule has 3 aromatic rings. The van der Waals surface area contributed by atoms with Gasteiger partial charge in [0.15, 0.2) is 5.76 Å². The lowest BCUT2D eigenvalue weighted by atomic mass is 10.2. The van der Waals surface area contributed by atoms with Gasteiger partial charge in [-0.1, -0.05) is 48.5 Å². The summed E-state index contributed by atoms with van der Waals surface area (Å²) in [6, 6.07) is 21.3. The van der Waals surface area contributed by atoms with Crippen molar-refractivity contribution < 1.29 is 13.4 Å². The van der Waals surface area contributed by atoms with Gasteiger partial charge in [-0.3, -0.25) is 9.00 Å². The first-order chi connectivity index (χ1) is 14.5. The second kappa shape index (κ2) is 10.9. The van der Waals surface area contributed by atoms with Crippen LogP contribution in [-0.4, -0.2) is 35.2 Å². The second-order valence-electron chi connectivity index (χ2n) is 7.35. The highest BCUT2D eigenvalue weighted by atomic mass is 32.2. The summed E-state index contributed by atoms with van der Waals surface area (Å²) >= 11 is 0. The van der Waals surface area contributed by atoms with E-state index < -0.39 is 10.8 Å². The van der Waals surface area contributed by atoms with Crippen LogP contribution in [-0.2, 0) is 23.1 Å². The smallest absolute Gasteiger partial charge is 0.286 e. The molecule has 0 aliphatic carbocycles. The first-order valence-electron chi connectivity index (χ1n) is 10.1. The van der Waals surface area contributed by atoms with Gasteiger partial charge in [0, 0.05) is 18.0 Å². The van der Waals surface area contributed by atoms with Crippen LogP contribution in [0.15, 0.2) is 76.0 Å². The molecule has 0 aliphatic heterocycles. The van der Waals surface area contributed by atoms with Crippen molar-refractivity contribution in [1.29, 1.82) is 0 Å². The number of amides is 1. The minimum atomic E-state index is -1.21. The van der Waals surface area contributed by atoms with E-state index in [-0.39, 0.29) is 17.4 Å². The Morgan fingerprint density at radius 3 is 2.53 bits per heavy atom. The van der Waals surface area contributed by atoms with E-state index in [4.69, 9.17) is 4.42 Å². The first kappa shape index (κ1) is 22.0. The number of hydrogen-bond acceptors (Lipinski definition) is 4. The highest BCUT2D eigenvalue weighted by molar-refractivity contribution is 7.84. The highest BCUT2D eigenvalue weighted by Gasteiger charge is 2.14. The van der Waals surface area contributed by atoms with Crippen LogP contribution in [0.25, 0.3) is 0 Å². The summed E-state index contributed by atoms with van der Waals surface area (Å²) in [7, 11) is 0.866. The van der Waals surface area contributed by atoms with Crippen molar-refractivity contribution in [3.8, 4) is 0 Å². The van der Waals surface area contributed by atoms with Crippen molar-refractivity contribution in [3.63, 3.8) is 0 Å². The van der Waals surface area contributed by atoms with E-state index in [0.717, 1.165) is 30.0 Å². The third kappa shape index (κ3) is 6.40. The third-order valence-corrected chi connectivity index (χ3v) is 6.29. The monoisotopic (exact) mass is 424 g/mol. The first-order valence-corrected chi connectivity index (χ1v) is 11.4. The summed E-state index contributed by atoms with van der Waals surface area (Å²) in [6.45, 7) is 4.27. The zero-order valence-electron chi connectivity index (χ0n) is 17.5. The van der Waals surface area contributed by atoms with E-state index in [1.807, 2.05) is 49.4 Å². The summed E-state index contributed by atoms with van der Waals surface area (Å²) in [5.74, 6) is 0.810. The van der Waals surface area contributed by atoms with E-state index in [0.29, 0.717) is 12.3 Å². The van der Waals surface area contributed by atoms with Crippen LogP contribution in [0.4, 0.5) is 0 Å². The summed E-state index contributed by atoms with van der Waals surface area (Å²) in [5.41, 5.74) is 2.26. The molecular weight excluding hydrogens is 396 g/mol. The number of hydrogen-bond donors (Lipinski definition) is 1. The molecule has 1 amide bonds. The second-order valence-corrected chi connectivity index (χ2v) is 8.77. The molecule has 2 aromatic carbocycles. The van der Waals surface area contributed by atoms with Crippen molar-refractivity contribution in [3.05, 3.63) is 89.4 Å². The Hall–Kier alpha value is -2.70. The number of nitrogens with one attached hydrogen (secondary N) is 1. The van der Waals surface area contributed by atoms with Crippen LogP contribution in [0.2, 0.25) is 0 Å². The molecule has 6 heteroatoms. The van der Waals surface area contributed by atoms with Crippen molar-refractivity contribution in [2.75, 3.05) is 20.1 Å². The Morgan fingerprint density at radius 2 is 1.77 bits per heavy atom. The van der Waals surface area contributed by atoms with Gasteiger partial charge in [0.25, 0.3) is 5.91 Å². The van der Waals surface area contributed by atoms with Crippen molar-refractivity contribution >= 4 is 16.7 Å². The van der Waals surface area contributed by atoms with E-state index >= 15 is 0 Å². The van der Waals surface area contributed by atoms with Crippen LogP contribution in [0.3, 0.4) is 0 Å². The number of furan rings is 1. The lowest BCUT2D eigenvalue weighted by molar-refractivity contribution is 0.0922. The summed E-state index contributed by atoms with van der Waals surface area (Å²) in [4.78, 5) is 15.3. The van der Waals surface area contributed by atoms with Crippen molar-refractivity contribution in [2.24, 2.45) is 0 Å². The SMILES string of the molecule is Cc1ccccc1[S@](=O)Cc1ccc(C(=O)NCCCN(C)Cc2ccccc2)o1. The molecule has 1 aromatic heterocycles. The average molecular weight is 425 g/mol. The van der Waals surface area contributed by atoms with Gasteiger partial charge in [-0.05, 0) is 56.3 Å². The molecule has 30 heavy (non-hydrogen) atoms. The van der Waals surface area contributed by atoms with Gasteiger partial charge < -0.3 is 14.6 Å². The normalized spacial score (nSPS) is 12.1.